The molecule has 3 rings (SSSR count). The first-order valence-electron chi connectivity index (χ1n) is 11.4. The van der Waals surface area contributed by atoms with Crippen LogP contribution in [0.15, 0.2) is 54.6 Å². The van der Waals surface area contributed by atoms with Crippen LogP contribution in [0.5, 0.6) is 5.75 Å². The van der Waals surface area contributed by atoms with E-state index in [2.05, 4.69) is 15.0 Å². The van der Waals surface area contributed by atoms with E-state index in [0.717, 1.165) is 6.07 Å². The van der Waals surface area contributed by atoms with Gasteiger partial charge in [-0.15, -0.1) is 0 Å². The van der Waals surface area contributed by atoms with Crippen molar-refractivity contribution in [3.05, 3.63) is 82.8 Å². The van der Waals surface area contributed by atoms with Gasteiger partial charge in [-0.25, -0.2) is 18.3 Å². The Morgan fingerprint density at radius 3 is 2.43 bits per heavy atom. The molecule has 0 fully saturated rings. The van der Waals surface area contributed by atoms with Crippen LogP contribution >= 0.6 is 0 Å². The van der Waals surface area contributed by atoms with Gasteiger partial charge in [-0.3, -0.25) is 4.79 Å². The number of carbonyl (C=O) groups excluding carboxylic acids is 1. The van der Waals surface area contributed by atoms with Crippen molar-refractivity contribution in [3.63, 3.8) is 0 Å². The van der Waals surface area contributed by atoms with Crippen molar-refractivity contribution in [1.82, 2.24) is 15.0 Å². The smallest absolute Gasteiger partial charge is 0.433 e. The third-order valence-corrected chi connectivity index (χ3v) is 6.15. The summed E-state index contributed by atoms with van der Waals surface area (Å²) in [6.45, 7) is 3.63. The first-order valence-corrected chi connectivity index (χ1v) is 13.0. The van der Waals surface area contributed by atoms with Gasteiger partial charge in [-0.05, 0) is 49.2 Å². The fourth-order valence-corrected chi connectivity index (χ4v) is 3.97. The molecule has 0 saturated carbocycles. The van der Waals surface area contributed by atoms with Gasteiger partial charge >= 0.3 is 6.18 Å². The molecule has 1 amide bonds. The molecule has 6 nitrogen and oxygen atoms in total. The molecule has 0 bridgehead atoms. The summed E-state index contributed by atoms with van der Waals surface area (Å²) in [6.07, 6.45) is -3.21. The van der Waals surface area contributed by atoms with Gasteiger partial charge in [0.15, 0.2) is 0 Å². The van der Waals surface area contributed by atoms with Gasteiger partial charge in [0.2, 0.25) is 5.91 Å². The lowest BCUT2D eigenvalue weighted by Gasteiger charge is -2.17. The number of hydrogen-bond donors (Lipinski definition) is 2. The predicted molar refractivity (Wildman–Crippen MR) is 133 cm³/mol. The summed E-state index contributed by atoms with van der Waals surface area (Å²) in [7, 11) is -1.30. The molecule has 2 aromatic carbocycles. The molecule has 0 saturated heterocycles. The second kappa shape index (κ2) is 12.3. The Morgan fingerprint density at radius 1 is 1.08 bits per heavy atom. The molecule has 11 heteroatoms. The third-order valence-electron chi connectivity index (χ3n) is 5.60. The van der Waals surface area contributed by atoms with Crippen LogP contribution in [-0.2, 0) is 35.0 Å². The predicted octanol–water partition coefficient (Wildman–Crippen LogP) is 5.11. The molecular formula is C26H27F4N3O3S. The lowest BCUT2D eigenvalue weighted by molar-refractivity contribution is -0.141. The maximum absolute atomic E-state index is 14.5. The number of rotatable bonds is 10. The first-order chi connectivity index (χ1) is 17.5. The van der Waals surface area contributed by atoms with Gasteiger partial charge < -0.3 is 10.1 Å². The summed E-state index contributed by atoms with van der Waals surface area (Å²) in [6, 6.07) is 13.1. The van der Waals surface area contributed by atoms with Crippen LogP contribution in [0.4, 0.5) is 17.6 Å². The summed E-state index contributed by atoms with van der Waals surface area (Å²) < 4.78 is 74.1. The van der Waals surface area contributed by atoms with Gasteiger partial charge in [-0.1, -0.05) is 30.3 Å². The number of ether oxygens (including phenoxy) is 1. The highest BCUT2D eigenvalue weighted by Gasteiger charge is 2.33. The van der Waals surface area contributed by atoms with E-state index in [-0.39, 0.29) is 18.8 Å². The Bertz CT molecular complexity index is 1280. The summed E-state index contributed by atoms with van der Waals surface area (Å²) in [5.74, 6) is -1.35. The monoisotopic (exact) mass is 537 g/mol. The van der Waals surface area contributed by atoms with E-state index in [1.807, 2.05) is 0 Å². The van der Waals surface area contributed by atoms with E-state index >= 15 is 0 Å². The van der Waals surface area contributed by atoms with Crippen molar-refractivity contribution in [2.24, 2.45) is 0 Å². The van der Waals surface area contributed by atoms with E-state index in [1.165, 1.54) is 24.5 Å². The average molecular weight is 538 g/mol. The first kappa shape index (κ1) is 28.3. The Labute approximate surface area is 215 Å². The quantitative estimate of drug-likeness (QED) is 0.353. The van der Waals surface area contributed by atoms with Crippen molar-refractivity contribution in [2.45, 2.75) is 39.0 Å². The van der Waals surface area contributed by atoms with Crippen LogP contribution in [0.25, 0.3) is 11.3 Å². The molecule has 37 heavy (non-hydrogen) atoms. The van der Waals surface area contributed by atoms with Crippen LogP contribution < -0.4 is 14.8 Å². The molecule has 0 aliphatic rings. The minimum absolute atomic E-state index is 0.0445. The molecule has 2 N–H and O–H groups in total. The fourth-order valence-electron chi connectivity index (χ4n) is 3.61. The molecule has 198 valence electrons. The Hall–Kier alpha value is -3.31. The number of hydrogen-bond acceptors (Lipinski definition) is 4. The maximum Gasteiger partial charge on any atom is 0.433 e. The largest absolute Gasteiger partial charge is 0.493 e. The number of carbonyl (C=O) groups is 1. The number of benzene rings is 2. The highest BCUT2D eigenvalue weighted by atomic mass is 32.2. The molecule has 2 unspecified atom stereocenters. The molecule has 1 aromatic heterocycles. The van der Waals surface area contributed by atoms with Crippen LogP contribution in [0.2, 0.25) is 0 Å². The summed E-state index contributed by atoms with van der Waals surface area (Å²) in [5, 5.41) is 2.72. The highest BCUT2D eigenvalue weighted by Crippen LogP contribution is 2.35. The number of pyridine rings is 1. The van der Waals surface area contributed by atoms with Gasteiger partial charge in [0, 0.05) is 30.5 Å². The van der Waals surface area contributed by atoms with Gasteiger partial charge in [0.05, 0.1) is 29.2 Å². The van der Waals surface area contributed by atoms with E-state index in [9.17, 15) is 26.6 Å². The standard InChI is InChI=1S/C26H27F4N3O3S/c1-4-36-22-8-6-5-7-20(22)24-19(11-12-23(33-24)26(28,29)30)14-31-25(34)16(2)17-9-10-18(21(27)13-17)15-32-37(3)35/h5-13,16,32H,4,14-15H2,1-3H3,(H,31,34). The van der Waals surface area contributed by atoms with Crippen LogP contribution in [-0.4, -0.2) is 28.0 Å². The van der Waals surface area contributed by atoms with Crippen molar-refractivity contribution >= 4 is 16.9 Å². The fraction of sp³-hybridized carbons (Fsp3) is 0.308. The molecule has 0 aliphatic carbocycles. The number of nitrogens with one attached hydrogen (secondary N) is 2. The van der Waals surface area contributed by atoms with Gasteiger partial charge in [0.25, 0.3) is 0 Å². The van der Waals surface area contributed by atoms with Gasteiger partial charge in [0.1, 0.15) is 17.3 Å². The lowest BCUT2D eigenvalue weighted by atomic mass is 9.98. The lowest BCUT2D eigenvalue weighted by Crippen LogP contribution is -2.28. The zero-order valence-electron chi connectivity index (χ0n) is 20.5. The van der Waals surface area contributed by atoms with Crippen molar-refractivity contribution in [1.29, 1.82) is 0 Å². The summed E-state index contributed by atoms with van der Waals surface area (Å²) >= 11 is 0. The highest BCUT2D eigenvalue weighted by molar-refractivity contribution is 7.82. The second-order valence-corrected chi connectivity index (χ2v) is 9.39. The second-order valence-electron chi connectivity index (χ2n) is 8.20. The number of alkyl halides is 3. The normalized spacial score (nSPS) is 13.2. The Kier molecular flexibility index (Phi) is 9.39. The topological polar surface area (TPSA) is 80.3 Å². The molecule has 2 atom stereocenters. The molecular weight excluding hydrogens is 510 g/mol. The number of aromatic nitrogens is 1. The van der Waals surface area contributed by atoms with Crippen molar-refractivity contribution < 1.29 is 31.3 Å². The van der Waals surface area contributed by atoms with Crippen molar-refractivity contribution in [2.75, 3.05) is 12.9 Å². The van der Waals surface area contributed by atoms with E-state index in [1.54, 1.807) is 44.2 Å². The SMILES string of the molecule is CCOc1ccccc1-c1nc(C(F)(F)F)ccc1CNC(=O)C(C)c1ccc(CNS(C)=O)c(F)c1. The van der Waals surface area contributed by atoms with E-state index < -0.39 is 40.5 Å². The Morgan fingerprint density at radius 2 is 1.78 bits per heavy atom. The number of halogens is 4. The number of amides is 1. The number of nitrogens with zero attached hydrogens (tertiary/aromatic N) is 1. The number of para-hydroxylation sites is 1. The summed E-state index contributed by atoms with van der Waals surface area (Å²) in [4.78, 5) is 16.7. The molecule has 3 aromatic rings. The van der Waals surface area contributed by atoms with E-state index in [4.69, 9.17) is 4.74 Å². The van der Waals surface area contributed by atoms with Gasteiger partial charge in [-0.2, -0.15) is 13.2 Å². The zero-order chi connectivity index (χ0) is 27.2. The van der Waals surface area contributed by atoms with Crippen LogP contribution in [0, 0.1) is 5.82 Å². The summed E-state index contributed by atoms with van der Waals surface area (Å²) in [5.41, 5.74) is 0.439. The Balaban J connectivity index is 1.83. The van der Waals surface area contributed by atoms with E-state index in [0.29, 0.717) is 34.6 Å². The van der Waals surface area contributed by atoms with Crippen molar-refractivity contribution in [3.8, 4) is 17.0 Å². The molecule has 0 aliphatic heterocycles. The third kappa shape index (κ3) is 7.36. The molecule has 0 radical (unpaired) electrons. The maximum atomic E-state index is 14.5. The molecule has 0 spiro atoms. The average Bonchev–Trinajstić information content (AvgIpc) is 2.86. The van der Waals surface area contributed by atoms with Crippen LogP contribution in [0.3, 0.4) is 0 Å². The minimum atomic E-state index is -4.65. The van der Waals surface area contributed by atoms with Crippen LogP contribution in [0.1, 0.15) is 42.1 Å². The minimum Gasteiger partial charge on any atom is -0.493 e. The molecule has 1 heterocycles. The zero-order valence-corrected chi connectivity index (χ0v) is 21.3.